The SMILES string of the molecule is CCC(C)(C)c1ccc(OC(=O)c2cccc(C)c2)cc1. The van der Waals surface area contributed by atoms with Crippen LogP contribution in [0, 0.1) is 6.92 Å². The molecule has 21 heavy (non-hydrogen) atoms. The zero-order valence-corrected chi connectivity index (χ0v) is 13.1. The maximum Gasteiger partial charge on any atom is 0.343 e. The first kappa shape index (κ1) is 15.3. The summed E-state index contributed by atoms with van der Waals surface area (Å²) in [5.74, 6) is 0.262. The normalized spacial score (nSPS) is 11.2. The van der Waals surface area contributed by atoms with Crippen LogP contribution in [0.3, 0.4) is 0 Å². The summed E-state index contributed by atoms with van der Waals surface area (Å²) >= 11 is 0. The topological polar surface area (TPSA) is 26.3 Å². The first-order valence-electron chi connectivity index (χ1n) is 7.32. The van der Waals surface area contributed by atoms with Gasteiger partial charge in [0.15, 0.2) is 0 Å². The van der Waals surface area contributed by atoms with E-state index < -0.39 is 0 Å². The fraction of sp³-hybridized carbons (Fsp3) is 0.316. The Labute approximate surface area is 126 Å². The highest BCUT2D eigenvalue weighted by molar-refractivity contribution is 5.91. The van der Waals surface area contributed by atoms with E-state index in [-0.39, 0.29) is 11.4 Å². The number of carbonyl (C=O) groups excluding carboxylic acids is 1. The lowest BCUT2D eigenvalue weighted by Gasteiger charge is -2.23. The maximum atomic E-state index is 12.1. The van der Waals surface area contributed by atoms with Crippen LogP contribution in [-0.4, -0.2) is 5.97 Å². The van der Waals surface area contributed by atoms with Gasteiger partial charge in [-0.05, 0) is 48.6 Å². The summed E-state index contributed by atoms with van der Waals surface area (Å²) in [6, 6.07) is 15.2. The molecule has 0 radical (unpaired) electrons. The van der Waals surface area contributed by atoms with E-state index >= 15 is 0 Å². The van der Waals surface area contributed by atoms with E-state index in [9.17, 15) is 4.79 Å². The number of hydrogen-bond acceptors (Lipinski definition) is 2. The van der Waals surface area contributed by atoms with Gasteiger partial charge in [-0.25, -0.2) is 4.79 Å². The molecule has 0 heterocycles. The van der Waals surface area contributed by atoms with Crippen molar-refractivity contribution in [3.05, 3.63) is 65.2 Å². The third-order valence-electron chi connectivity index (χ3n) is 3.98. The van der Waals surface area contributed by atoms with Gasteiger partial charge in [0.2, 0.25) is 0 Å². The van der Waals surface area contributed by atoms with E-state index in [1.54, 1.807) is 6.07 Å². The van der Waals surface area contributed by atoms with Crippen molar-refractivity contribution < 1.29 is 9.53 Å². The van der Waals surface area contributed by atoms with E-state index in [1.165, 1.54) is 5.56 Å². The summed E-state index contributed by atoms with van der Waals surface area (Å²) in [5, 5.41) is 0. The van der Waals surface area contributed by atoms with Crippen LogP contribution in [0.1, 0.15) is 48.7 Å². The lowest BCUT2D eigenvalue weighted by Crippen LogP contribution is -2.15. The van der Waals surface area contributed by atoms with Crippen molar-refractivity contribution in [2.24, 2.45) is 0 Å². The molecule has 0 bridgehead atoms. The second-order valence-electron chi connectivity index (χ2n) is 6.02. The van der Waals surface area contributed by atoms with Crippen molar-refractivity contribution in [3.8, 4) is 5.75 Å². The van der Waals surface area contributed by atoms with Gasteiger partial charge in [-0.2, -0.15) is 0 Å². The van der Waals surface area contributed by atoms with Gasteiger partial charge in [0.1, 0.15) is 5.75 Å². The third-order valence-corrected chi connectivity index (χ3v) is 3.98. The minimum atomic E-state index is -0.318. The molecule has 0 spiro atoms. The Morgan fingerprint density at radius 2 is 1.76 bits per heavy atom. The van der Waals surface area contributed by atoms with Gasteiger partial charge in [-0.1, -0.05) is 50.6 Å². The number of benzene rings is 2. The summed E-state index contributed by atoms with van der Waals surface area (Å²) < 4.78 is 5.42. The zero-order chi connectivity index (χ0) is 15.5. The summed E-state index contributed by atoms with van der Waals surface area (Å²) in [6.45, 7) is 8.55. The Balaban J connectivity index is 2.12. The van der Waals surface area contributed by atoms with Crippen LogP contribution in [0.5, 0.6) is 5.75 Å². The minimum absolute atomic E-state index is 0.138. The van der Waals surface area contributed by atoms with E-state index in [4.69, 9.17) is 4.74 Å². The van der Waals surface area contributed by atoms with E-state index in [0.29, 0.717) is 11.3 Å². The van der Waals surface area contributed by atoms with E-state index in [2.05, 4.69) is 20.8 Å². The lowest BCUT2D eigenvalue weighted by atomic mass is 9.82. The average molecular weight is 282 g/mol. The molecular weight excluding hydrogens is 260 g/mol. The molecule has 0 unspecified atom stereocenters. The summed E-state index contributed by atoms with van der Waals surface area (Å²) in [5.41, 5.74) is 3.01. The molecule has 0 aliphatic rings. The summed E-state index contributed by atoms with van der Waals surface area (Å²) in [7, 11) is 0. The first-order valence-corrected chi connectivity index (χ1v) is 7.32. The number of esters is 1. The van der Waals surface area contributed by atoms with Gasteiger partial charge in [0, 0.05) is 0 Å². The molecule has 110 valence electrons. The molecule has 0 aliphatic heterocycles. The fourth-order valence-electron chi connectivity index (χ4n) is 2.12. The second-order valence-corrected chi connectivity index (χ2v) is 6.02. The standard InChI is InChI=1S/C19H22O2/c1-5-19(3,4)16-9-11-17(12-10-16)21-18(20)15-8-6-7-14(2)13-15/h6-13H,5H2,1-4H3. The number of aryl methyl sites for hydroxylation is 1. The van der Waals surface area contributed by atoms with Crippen LogP contribution < -0.4 is 4.74 Å². The number of rotatable bonds is 4. The molecule has 0 atom stereocenters. The van der Waals surface area contributed by atoms with Gasteiger partial charge < -0.3 is 4.74 Å². The zero-order valence-electron chi connectivity index (χ0n) is 13.1. The van der Waals surface area contributed by atoms with Gasteiger partial charge >= 0.3 is 5.97 Å². The maximum absolute atomic E-state index is 12.1. The number of ether oxygens (including phenoxy) is 1. The van der Waals surface area contributed by atoms with Crippen LogP contribution in [-0.2, 0) is 5.41 Å². The molecule has 2 rings (SSSR count). The van der Waals surface area contributed by atoms with E-state index in [0.717, 1.165) is 12.0 Å². The largest absolute Gasteiger partial charge is 0.423 e. The molecule has 2 aromatic carbocycles. The quantitative estimate of drug-likeness (QED) is 0.589. The Bertz CT molecular complexity index is 624. The first-order chi connectivity index (χ1) is 9.92. The summed E-state index contributed by atoms with van der Waals surface area (Å²) in [4.78, 5) is 12.1. The number of carbonyl (C=O) groups is 1. The molecule has 0 saturated carbocycles. The van der Waals surface area contributed by atoms with Crippen molar-refractivity contribution in [1.29, 1.82) is 0 Å². The molecule has 0 saturated heterocycles. The van der Waals surface area contributed by atoms with Gasteiger partial charge in [-0.3, -0.25) is 0 Å². The second kappa shape index (κ2) is 6.13. The monoisotopic (exact) mass is 282 g/mol. The fourth-order valence-corrected chi connectivity index (χ4v) is 2.12. The third kappa shape index (κ3) is 3.72. The molecule has 2 aromatic rings. The van der Waals surface area contributed by atoms with Crippen LogP contribution in [0.25, 0.3) is 0 Å². The van der Waals surface area contributed by atoms with Crippen molar-refractivity contribution in [1.82, 2.24) is 0 Å². The van der Waals surface area contributed by atoms with Crippen molar-refractivity contribution in [2.45, 2.75) is 39.5 Å². The van der Waals surface area contributed by atoms with Crippen molar-refractivity contribution in [2.75, 3.05) is 0 Å². The molecule has 0 amide bonds. The van der Waals surface area contributed by atoms with Crippen molar-refractivity contribution >= 4 is 5.97 Å². The van der Waals surface area contributed by atoms with Crippen LogP contribution in [0.4, 0.5) is 0 Å². The van der Waals surface area contributed by atoms with Crippen molar-refractivity contribution in [3.63, 3.8) is 0 Å². The molecule has 0 aromatic heterocycles. The highest BCUT2D eigenvalue weighted by Crippen LogP contribution is 2.28. The van der Waals surface area contributed by atoms with Gasteiger partial charge in [0.25, 0.3) is 0 Å². The van der Waals surface area contributed by atoms with Gasteiger partial charge in [-0.15, -0.1) is 0 Å². The van der Waals surface area contributed by atoms with E-state index in [1.807, 2.05) is 49.4 Å². The molecule has 2 nitrogen and oxygen atoms in total. The Morgan fingerprint density at radius 3 is 2.33 bits per heavy atom. The lowest BCUT2D eigenvalue weighted by molar-refractivity contribution is 0.0734. The smallest absolute Gasteiger partial charge is 0.343 e. The Kier molecular flexibility index (Phi) is 4.46. The highest BCUT2D eigenvalue weighted by Gasteiger charge is 2.18. The molecule has 0 aliphatic carbocycles. The predicted molar refractivity (Wildman–Crippen MR) is 85.9 cm³/mol. The van der Waals surface area contributed by atoms with Crippen LogP contribution >= 0.6 is 0 Å². The molecular formula is C19H22O2. The average Bonchev–Trinajstić information content (AvgIpc) is 2.48. The van der Waals surface area contributed by atoms with Crippen LogP contribution in [0.15, 0.2) is 48.5 Å². The highest BCUT2D eigenvalue weighted by atomic mass is 16.5. The van der Waals surface area contributed by atoms with Gasteiger partial charge in [0.05, 0.1) is 5.56 Å². The minimum Gasteiger partial charge on any atom is -0.423 e. The summed E-state index contributed by atoms with van der Waals surface area (Å²) in [6.07, 6.45) is 1.06. The number of hydrogen-bond donors (Lipinski definition) is 0. The van der Waals surface area contributed by atoms with Crippen LogP contribution in [0.2, 0.25) is 0 Å². The predicted octanol–water partition coefficient (Wildman–Crippen LogP) is 4.90. The molecule has 0 N–H and O–H groups in total. The molecule has 2 heteroatoms. The Hall–Kier alpha value is -2.09. The Morgan fingerprint density at radius 1 is 1.10 bits per heavy atom. The molecule has 0 fully saturated rings.